The Hall–Kier alpha value is -1.10. The van der Waals surface area contributed by atoms with Crippen molar-refractivity contribution in [1.29, 1.82) is 0 Å². The van der Waals surface area contributed by atoms with Crippen molar-refractivity contribution in [3.63, 3.8) is 0 Å². The molecule has 1 aromatic carbocycles. The number of nitrogens with one attached hydrogen (secondary N) is 2. The van der Waals surface area contributed by atoms with Crippen LogP contribution in [-0.2, 0) is 4.79 Å². The standard InChI is InChI=1S/C16H24ClN3O/c1-13-5-6-14(17)11-15(13)19-16(21)12-18-7-4-10-20-8-2-3-9-20/h5-6,11,18H,2-4,7-10,12H2,1H3,(H,19,21). The molecule has 2 rings (SSSR count). The molecule has 0 bridgehead atoms. The Labute approximate surface area is 131 Å². The molecular weight excluding hydrogens is 286 g/mol. The van der Waals surface area contributed by atoms with E-state index in [1.54, 1.807) is 6.07 Å². The molecule has 1 aliphatic heterocycles. The van der Waals surface area contributed by atoms with E-state index in [9.17, 15) is 4.79 Å². The maximum absolute atomic E-state index is 11.9. The monoisotopic (exact) mass is 309 g/mol. The number of benzene rings is 1. The van der Waals surface area contributed by atoms with E-state index in [1.807, 2.05) is 19.1 Å². The first-order chi connectivity index (χ1) is 10.1. The summed E-state index contributed by atoms with van der Waals surface area (Å²) in [6, 6.07) is 5.51. The molecule has 0 atom stereocenters. The number of carbonyl (C=O) groups is 1. The van der Waals surface area contributed by atoms with Gasteiger partial charge in [0.15, 0.2) is 0 Å². The van der Waals surface area contributed by atoms with Gasteiger partial charge in [0.05, 0.1) is 6.54 Å². The summed E-state index contributed by atoms with van der Waals surface area (Å²) in [6.45, 7) is 6.75. The Morgan fingerprint density at radius 1 is 1.33 bits per heavy atom. The van der Waals surface area contributed by atoms with Gasteiger partial charge in [-0.2, -0.15) is 0 Å². The Bertz CT molecular complexity index is 473. The normalized spacial score (nSPS) is 15.3. The number of hydrogen-bond donors (Lipinski definition) is 2. The van der Waals surface area contributed by atoms with Gasteiger partial charge in [0.2, 0.25) is 5.91 Å². The van der Waals surface area contributed by atoms with E-state index in [2.05, 4.69) is 15.5 Å². The van der Waals surface area contributed by atoms with Crippen molar-refractivity contribution in [3.05, 3.63) is 28.8 Å². The second-order valence-electron chi connectivity index (χ2n) is 5.59. The highest BCUT2D eigenvalue weighted by Crippen LogP contribution is 2.19. The molecule has 21 heavy (non-hydrogen) atoms. The quantitative estimate of drug-likeness (QED) is 0.761. The van der Waals surface area contributed by atoms with Crippen molar-refractivity contribution < 1.29 is 4.79 Å². The third-order valence-corrected chi connectivity index (χ3v) is 4.02. The third-order valence-electron chi connectivity index (χ3n) is 3.79. The maximum Gasteiger partial charge on any atom is 0.238 e. The number of amides is 1. The van der Waals surface area contributed by atoms with Gasteiger partial charge in [-0.3, -0.25) is 4.79 Å². The number of aryl methyl sites for hydroxylation is 1. The van der Waals surface area contributed by atoms with Crippen molar-refractivity contribution in [2.24, 2.45) is 0 Å². The summed E-state index contributed by atoms with van der Waals surface area (Å²) in [7, 11) is 0. The highest BCUT2D eigenvalue weighted by molar-refractivity contribution is 6.31. The minimum absolute atomic E-state index is 0.0264. The average Bonchev–Trinajstić information content (AvgIpc) is 2.96. The number of rotatable bonds is 7. The van der Waals surface area contributed by atoms with Gasteiger partial charge in [-0.15, -0.1) is 0 Å². The van der Waals surface area contributed by atoms with Crippen LogP contribution in [0.25, 0.3) is 0 Å². The van der Waals surface area contributed by atoms with Crippen LogP contribution >= 0.6 is 11.6 Å². The molecule has 0 unspecified atom stereocenters. The van der Waals surface area contributed by atoms with Crippen LogP contribution in [0.15, 0.2) is 18.2 Å². The molecule has 1 saturated heterocycles. The van der Waals surface area contributed by atoms with Crippen molar-refractivity contribution in [2.75, 3.05) is 38.0 Å². The predicted octanol–water partition coefficient (Wildman–Crippen LogP) is 2.66. The van der Waals surface area contributed by atoms with Crippen molar-refractivity contribution in [3.8, 4) is 0 Å². The largest absolute Gasteiger partial charge is 0.325 e. The lowest BCUT2D eigenvalue weighted by atomic mass is 10.2. The van der Waals surface area contributed by atoms with E-state index in [0.29, 0.717) is 11.6 Å². The highest BCUT2D eigenvalue weighted by atomic mass is 35.5. The summed E-state index contributed by atoms with van der Waals surface area (Å²) in [5, 5.41) is 6.71. The van der Waals surface area contributed by atoms with Crippen molar-refractivity contribution in [2.45, 2.75) is 26.2 Å². The van der Waals surface area contributed by atoms with Gasteiger partial charge in [0.25, 0.3) is 0 Å². The van der Waals surface area contributed by atoms with Gasteiger partial charge < -0.3 is 15.5 Å². The molecule has 0 spiro atoms. The average molecular weight is 310 g/mol. The minimum atomic E-state index is -0.0264. The molecule has 1 aromatic rings. The van der Waals surface area contributed by atoms with Crippen molar-refractivity contribution in [1.82, 2.24) is 10.2 Å². The summed E-state index contributed by atoms with van der Waals surface area (Å²) >= 11 is 5.94. The molecule has 0 aliphatic carbocycles. The Kier molecular flexibility index (Phi) is 6.49. The fourth-order valence-corrected chi connectivity index (χ4v) is 2.73. The fraction of sp³-hybridized carbons (Fsp3) is 0.562. The van der Waals surface area contributed by atoms with Crippen LogP contribution < -0.4 is 10.6 Å². The zero-order chi connectivity index (χ0) is 15.1. The van der Waals surface area contributed by atoms with E-state index in [-0.39, 0.29) is 5.91 Å². The van der Waals surface area contributed by atoms with E-state index in [4.69, 9.17) is 11.6 Å². The molecule has 2 N–H and O–H groups in total. The molecular formula is C16H24ClN3O. The van der Waals surface area contributed by atoms with Crippen LogP contribution in [0.3, 0.4) is 0 Å². The second kappa shape index (κ2) is 8.37. The first kappa shape index (κ1) is 16.3. The van der Waals surface area contributed by atoms with Crippen molar-refractivity contribution >= 4 is 23.2 Å². The molecule has 1 aliphatic rings. The Balaban J connectivity index is 1.62. The lowest BCUT2D eigenvalue weighted by Crippen LogP contribution is -2.31. The van der Waals surface area contributed by atoms with Crippen LogP contribution in [0.1, 0.15) is 24.8 Å². The van der Waals surface area contributed by atoms with E-state index in [1.165, 1.54) is 25.9 Å². The van der Waals surface area contributed by atoms with E-state index < -0.39 is 0 Å². The SMILES string of the molecule is Cc1ccc(Cl)cc1NC(=O)CNCCCN1CCCC1. The first-order valence-electron chi connectivity index (χ1n) is 7.64. The maximum atomic E-state index is 11.9. The minimum Gasteiger partial charge on any atom is -0.325 e. The van der Waals surface area contributed by atoms with Crippen LogP contribution in [0, 0.1) is 6.92 Å². The lowest BCUT2D eigenvalue weighted by Gasteiger charge is -2.14. The number of anilines is 1. The Morgan fingerprint density at radius 3 is 2.86 bits per heavy atom. The molecule has 1 heterocycles. The Morgan fingerprint density at radius 2 is 2.10 bits per heavy atom. The van der Waals surface area contributed by atoms with Gasteiger partial charge in [0, 0.05) is 10.7 Å². The highest BCUT2D eigenvalue weighted by Gasteiger charge is 2.10. The number of carbonyl (C=O) groups excluding carboxylic acids is 1. The van der Waals surface area contributed by atoms with Gasteiger partial charge in [0.1, 0.15) is 0 Å². The first-order valence-corrected chi connectivity index (χ1v) is 8.02. The topological polar surface area (TPSA) is 44.4 Å². The van der Waals surface area contributed by atoms with Crippen LogP contribution in [0.5, 0.6) is 0 Å². The molecule has 1 fully saturated rings. The molecule has 116 valence electrons. The molecule has 0 aromatic heterocycles. The molecule has 5 heteroatoms. The number of likely N-dealkylation sites (tertiary alicyclic amines) is 1. The van der Waals surface area contributed by atoms with Crippen LogP contribution in [0.2, 0.25) is 5.02 Å². The molecule has 0 saturated carbocycles. The van der Waals surface area contributed by atoms with Crippen LogP contribution in [0.4, 0.5) is 5.69 Å². The molecule has 4 nitrogen and oxygen atoms in total. The summed E-state index contributed by atoms with van der Waals surface area (Å²) in [5.41, 5.74) is 1.80. The van der Waals surface area contributed by atoms with E-state index >= 15 is 0 Å². The number of halogens is 1. The third kappa shape index (κ3) is 5.65. The zero-order valence-corrected chi connectivity index (χ0v) is 13.4. The number of nitrogens with zero attached hydrogens (tertiary/aromatic N) is 1. The lowest BCUT2D eigenvalue weighted by molar-refractivity contribution is -0.115. The van der Waals surface area contributed by atoms with Gasteiger partial charge in [-0.1, -0.05) is 17.7 Å². The summed E-state index contributed by atoms with van der Waals surface area (Å²) in [6.07, 6.45) is 3.74. The summed E-state index contributed by atoms with van der Waals surface area (Å²) < 4.78 is 0. The number of hydrogen-bond acceptors (Lipinski definition) is 3. The van der Waals surface area contributed by atoms with Gasteiger partial charge >= 0.3 is 0 Å². The predicted molar refractivity (Wildman–Crippen MR) is 88.0 cm³/mol. The second-order valence-corrected chi connectivity index (χ2v) is 6.02. The molecule has 0 radical (unpaired) electrons. The smallest absolute Gasteiger partial charge is 0.238 e. The fourth-order valence-electron chi connectivity index (χ4n) is 2.56. The van der Waals surface area contributed by atoms with Gasteiger partial charge in [-0.25, -0.2) is 0 Å². The van der Waals surface area contributed by atoms with Gasteiger partial charge in [-0.05, 0) is 70.1 Å². The summed E-state index contributed by atoms with van der Waals surface area (Å²) in [4.78, 5) is 14.4. The molecule has 1 amide bonds. The summed E-state index contributed by atoms with van der Waals surface area (Å²) in [5.74, 6) is -0.0264. The zero-order valence-electron chi connectivity index (χ0n) is 12.6. The van der Waals surface area contributed by atoms with Crippen LogP contribution in [-0.4, -0.2) is 43.5 Å². The van der Waals surface area contributed by atoms with E-state index in [0.717, 1.165) is 30.8 Å².